The fraction of sp³-hybridized carbons (Fsp3) is 0.440. The summed E-state index contributed by atoms with van der Waals surface area (Å²) in [5, 5.41) is 14.5. The lowest BCUT2D eigenvalue weighted by Crippen LogP contribution is -2.52. The number of benzene rings is 2. The zero-order valence-electron chi connectivity index (χ0n) is 18.5. The molecule has 3 rings (SSSR count). The number of nitro benzene ring substituents is 1. The predicted octanol–water partition coefficient (Wildman–Crippen LogP) is 4.39. The van der Waals surface area contributed by atoms with Crippen molar-refractivity contribution in [1.82, 2.24) is 10.2 Å². The summed E-state index contributed by atoms with van der Waals surface area (Å²) in [7, 11) is 0. The third kappa shape index (κ3) is 6.15. The molecule has 1 atom stereocenters. The van der Waals surface area contributed by atoms with Gasteiger partial charge in [0.25, 0.3) is 5.69 Å². The molecule has 0 heterocycles. The van der Waals surface area contributed by atoms with Gasteiger partial charge in [0.1, 0.15) is 6.04 Å². The molecule has 0 saturated heterocycles. The largest absolute Gasteiger partial charge is 0.352 e. The van der Waals surface area contributed by atoms with Crippen molar-refractivity contribution in [2.24, 2.45) is 0 Å². The molecule has 32 heavy (non-hydrogen) atoms. The lowest BCUT2D eigenvalue weighted by atomic mass is 9.95. The van der Waals surface area contributed by atoms with Gasteiger partial charge in [-0.05, 0) is 24.8 Å². The van der Waals surface area contributed by atoms with Crippen LogP contribution in [0, 0.1) is 10.1 Å². The van der Waals surface area contributed by atoms with Crippen LogP contribution in [0.25, 0.3) is 0 Å². The van der Waals surface area contributed by atoms with Crippen LogP contribution in [-0.2, 0) is 22.6 Å². The standard InChI is InChI=1S/C25H31N3O4/c1-2-22(25(30)26-21-14-7-4-8-15-21)27(18-19-11-5-3-6-12-19)24(29)17-20-13-9-10-16-23(20)28(31)32/h3,5-6,9-13,16,21-22H,2,4,7-8,14-15,17-18H2,1H3,(H,26,30). The van der Waals surface area contributed by atoms with Crippen molar-refractivity contribution in [3.05, 3.63) is 75.8 Å². The zero-order valence-corrected chi connectivity index (χ0v) is 18.5. The molecule has 7 heteroatoms. The van der Waals surface area contributed by atoms with E-state index in [1.807, 2.05) is 37.3 Å². The summed E-state index contributed by atoms with van der Waals surface area (Å²) >= 11 is 0. The van der Waals surface area contributed by atoms with Crippen molar-refractivity contribution in [1.29, 1.82) is 0 Å². The molecule has 0 spiro atoms. The SMILES string of the molecule is CCC(C(=O)NC1CCCCC1)N(Cc1ccccc1)C(=O)Cc1ccccc1[N+](=O)[O-]. The van der Waals surface area contributed by atoms with Crippen LogP contribution in [0.15, 0.2) is 54.6 Å². The Balaban J connectivity index is 1.83. The second-order valence-corrected chi connectivity index (χ2v) is 8.34. The average molecular weight is 438 g/mol. The quantitative estimate of drug-likeness (QED) is 0.465. The number of carbonyl (C=O) groups is 2. The van der Waals surface area contributed by atoms with Crippen LogP contribution in [0.3, 0.4) is 0 Å². The normalized spacial score (nSPS) is 15.0. The van der Waals surface area contributed by atoms with Crippen LogP contribution < -0.4 is 5.32 Å². The number of hydrogen-bond donors (Lipinski definition) is 1. The van der Waals surface area contributed by atoms with Crippen molar-refractivity contribution in [2.75, 3.05) is 0 Å². The minimum Gasteiger partial charge on any atom is -0.352 e. The van der Waals surface area contributed by atoms with Gasteiger partial charge in [-0.1, -0.05) is 74.7 Å². The van der Waals surface area contributed by atoms with Crippen LogP contribution in [0.2, 0.25) is 0 Å². The van der Waals surface area contributed by atoms with Gasteiger partial charge in [-0.2, -0.15) is 0 Å². The van der Waals surface area contributed by atoms with Gasteiger partial charge >= 0.3 is 0 Å². The molecular weight excluding hydrogens is 406 g/mol. The number of nitrogens with zero attached hydrogens (tertiary/aromatic N) is 2. The molecule has 7 nitrogen and oxygen atoms in total. The van der Waals surface area contributed by atoms with Gasteiger partial charge in [0, 0.05) is 24.2 Å². The number of nitro groups is 1. The highest BCUT2D eigenvalue weighted by molar-refractivity contribution is 5.89. The Morgan fingerprint density at radius 2 is 1.72 bits per heavy atom. The summed E-state index contributed by atoms with van der Waals surface area (Å²) < 4.78 is 0. The van der Waals surface area contributed by atoms with E-state index in [1.165, 1.54) is 12.5 Å². The van der Waals surface area contributed by atoms with Crippen molar-refractivity contribution in [3.63, 3.8) is 0 Å². The molecular formula is C25H31N3O4. The van der Waals surface area contributed by atoms with E-state index in [0.717, 1.165) is 31.2 Å². The highest BCUT2D eigenvalue weighted by Gasteiger charge is 2.31. The zero-order chi connectivity index (χ0) is 22.9. The molecule has 0 bridgehead atoms. The number of rotatable bonds is 9. The van der Waals surface area contributed by atoms with Crippen LogP contribution in [-0.4, -0.2) is 33.7 Å². The Hall–Kier alpha value is -3.22. The molecule has 1 N–H and O–H groups in total. The summed E-state index contributed by atoms with van der Waals surface area (Å²) in [4.78, 5) is 39.1. The maximum absolute atomic E-state index is 13.4. The van der Waals surface area contributed by atoms with Crippen LogP contribution in [0.1, 0.15) is 56.6 Å². The van der Waals surface area contributed by atoms with Crippen molar-refractivity contribution in [2.45, 2.75) is 70.5 Å². The third-order valence-electron chi connectivity index (χ3n) is 6.06. The molecule has 1 aliphatic carbocycles. The number of para-hydroxylation sites is 1. The molecule has 0 aromatic heterocycles. The smallest absolute Gasteiger partial charge is 0.273 e. The second kappa shape index (κ2) is 11.4. The van der Waals surface area contributed by atoms with Crippen LogP contribution in [0.4, 0.5) is 5.69 Å². The summed E-state index contributed by atoms with van der Waals surface area (Å²) in [5.41, 5.74) is 1.18. The van der Waals surface area contributed by atoms with Gasteiger partial charge < -0.3 is 10.2 Å². The highest BCUT2D eigenvalue weighted by Crippen LogP contribution is 2.22. The Morgan fingerprint density at radius 1 is 1.06 bits per heavy atom. The summed E-state index contributed by atoms with van der Waals surface area (Å²) in [6.07, 6.45) is 5.66. The van der Waals surface area contributed by atoms with Crippen LogP contribution >= 0.6 is 0 Å². The Kier molecular flexibility index (Phi) is 8.36. The van der Waals surface area contributed by atoms with Crippen molar-refractivity contribution >= 4 is 17.5 Å². The van der Waals surface area contributed by atoms with E-state index in [4.69, 9.17) is 0 Å². The number of amides is 2. The summed E-state index contributed by atoms with van der Waals surface area (Å²) in [5.74, 6) is -0.444. The van der Waals surface area contributed by atoms with Gasteiger partial charge in [-0.3, -0.25) is 19.7 Å². The van der Waals surface area contributed by atoms with Gasteiger partial charge in [-0.25, -0.2) is 0 Å². The Labute approximate surface area is 189 Å². The second-order valence-electron chi connectivity index (χ2n) is 8.34. The van der Waals surface area contributed by atoms with E-state index < -0.39 is 11.0 Å². The minimum absolute atomic E-state index is 0.0831. The molecule has 1 unspecified atom stereocenters. The lowest BCUT2D eigenvalue weighted by Gasteiger charge is -2.33. The van der Waals surface area contributed by atoms with Gasteiger partial charge in [0.15, 0.2) is 0 Å². The average Bonchev–Trinajstić information content (AvgIpc) is 2.80. The third-order valence-corrected chi connectivity index (χ3v) is 6.06. The maximum Gasteiger partial charge on any atom is 0.273 e. The first kappa shape index (κ1) is 23.4. The number of hydrogen-bond acceptors (Lipinski definition) is 4. The molecule has 170 valence electrons. The van der Waals surface area contributed by atoms with E-state index in [2.05, 4.69) is 5.32 Å². The molecule has 2 amide bonds. The highest BCUT2D eigenvalue weighted by atomic mass is 16.6. The molecule has 2 aromatic rings. The molecule has 2 aromatic carbocycles. The fourth-order valence-electron chi connectivity index (χ4n) is 4.35. The van der Waals surface area contributed by atoms with E-state index in [1.54, 1.807) is 23.1 Å². The summed E-state index contributed by atoms with van der Waals surface area (Å²) in [6.45, 7) is 2.16. The summed E-state index contributed by atoms with van der Waals surface area (Å²) in [6, 6.07) is 15.3. The van der Waals surface area contributed by atoms with Crippen LogP contribution in [0.5, 0.6) is 0 Å². The molecule has 1 aliphatic rings. The maximum atomic E-state index is 13.4. The molecule has 0 radical (unpaired) electrons. The molecule has 1 saturated carbocycles. The predicted molar refractivity (Wildman–Crippen MR) is 123 cm³/mol. The van der Waals surface area contributed by atoms with Crippen molar-refractivity contribution in [3.8, 4) is 0 Å². The van der Waals surface area contributed by atoms with E-state index in [0.29, 0.717) is 12.0 Å². The number of carbonyl (C=O) groups excluding carboxylic acids is 2. The number of nitrogens with one attached hydrogen (secondary N) is 1. The first-order valence-electron chi connectivity index (χ1n) is 11.4. The van der Waals surface area contributed by atoms with Gasteiger partial charge in [-0.15, -0.1) is 0 Å². The van der Waals surface area contributed by atoms with Gasteiger partial charge in [0.05, 0.1) is 11.3 Å². The van der Waals surface area contributed by atoms with Gasteiger partial charge in [0.2, 0.25) is 11.8 Å². The Morgan fingerprint density at radius 3 is 2.38 bits per heavy atom. The monoisotopic (exact) mass is 437 g/mol. The fourth-order valence-corrected chi connectivity index (χ4v) is 4.35. The molecule has 0 aliphatic heterocycles. The Bertz CT molecular complexity index is 926. The first-order chi connectivity index (χ1) is 15.5. The lowest BCUT2D eigenvalue weighted by molar-refractivity contribution is -0.385. The van der Waals surface area contributed by atoms with E-state index >= 15 is 0 Å². The van der Waals surface area contributed by atoms with E-state index in [-0.39, 0.29) is 36.5 Å². The molecule has 1 fully saturated rings. The van der Waals surface area contributed by atoms with E-state index in [9.17, 15) is 19.7 Å². The topological polar surface area (TPSA) is 92.6 Å². The first-order valence-corrected chi connectivity index (χ1v) is 11.4. The van der Waals surface area contributed by atoms with Crippen molar-refractivity contribution < 1.29 is 14.5 Å². The minimum atomic E-state index is -0.632.